The number of ether oxygens (including phenoxy) is 1. The summed E-state index contributed by atoms with van der Waals surface area (Å²) in [5.74, 6) is 0.732. The number of nitrogens with zero attached hydrogens (tertiary/aromatic N) is 3. The van der Waals surface area contributed by atoms with E-state index in [1.54, 1.807) is 24.4 Å². The van der Waals surface area contributed by atoms with E-state index in [-0.39, 0.29) is 5.75 Å². The van der Waals surface area contributed by atoms with E-state index in [9.17, 15) is 0 Å². The van der Waals surface area contributed by atoms with Crippen LogP contribution in [0, 0.1) is 12.7 Å². The minimum atomic E-state index is -0.491. The Hall–Kier alpha value is -4.84. The van der Waals surface area contributed by atoms with Gasteiger partial charge in [0, 0.05) is 39.7 Å². The van der Waals surface area contributed by atoms with Gasteiger partial charge in [-0.05, 0) is 37.3 Å². The molecule has 2 aromatic heterocycles. The first kappa shape index (κ1) is 21.7. The number of pyridine rings is 1. The molecule has 174 valence electrons. The molecule has 1 N–H and O–H groups in total. The van der Waals surface area contributed by atoms with Gasteiger partial charge >= 0.3 is 0 Å². The van der Waals surface area contributed by atoms with Gasteiger partial charge in [0.2, 0.25) is 0 Å². The summed E-state index contributed by atoms with van der Waals surface area (Å²) in [5, 5.41) is 14.8. The molecule has 5 nitrogen and oxygen atoms in total. The minimum Gasteiger partial charge on any atom is -0.454 e. The molecule has 0 unspecified atom stereocenters. The molecule has 36 heavy (non-hydrogen) atoms. The van der Waals surface area contributed by atoms with Crippen LogP contribution in [0.4, 0.5) is 15.9 Å². The largest absolute Gasteiger partial charge is 0.454 e. The van der Waals surface area contributed by atoms with E-state index in [1.165, 1.54) is 11.6 Å². The predicted octanol–water partition coefficient (Wildman–Crippen LogP) is 7.83. The van der Waals surface area contributed by atoms with Crippen molar-refractivity contribution in [1.82, 2.24) is 15.2 Å². The van der Waals surface area contributed by atoms with Crippen LogP contribution in [0.3, 0.4) is 0 Å². The van der Waals surface area contributed by atoms with E-state index >= 15 is 4.39 Å². The molecular formula is C30H21FN4O. The summed E-state index contributed by atoms with van der Waals surface area (Å²) in [6.45, 7) is 2.05. The molecule has 2 heterocycles. The summed E-state index contributed by atoms with van der Waals surface area (Å²) in [6, 6.07) is 30.2. The molecule has 0 bridgehead atoms. The van der Waals surface area contributed by atoms with E-state index in [0.29, 0.717) is 17.3 Å². The quantitative estimate of drug-likeness (QED) is 0.277. The van der Waals surface area contributed by atoms with Crippen molar-refractivity contribution in [1.29, 1.82) is 0 Å². The van der Waals surface area contributed by atoms with Crippen LogP contribution in [0.25, 0.3) is 32.9 Å². The van der Waals surface area contributed by atoms with Gasteiger partial charge in [0.05, 0.1) is 5.52 Å². The second kappa shape index (κ2) is 9.07. The number of nitrogens with one attached hydrogen (secondary N) is 1. The monoisotopic (exact) mass is 472 g/mol. The van der Waals surface area contributed by atoms with Crippen LogP contribution in [-0.2, 0) is 0 Å². The Bertz CT molecular complexity index is 1710. The highest BCUT2D eigenvalue weighted by Crippen LogP contribution is 2.34. The molecule has 4 aromatic carbocycles. The van der Waals surface area contributed by atoms with Crippen LogP contribution >= 0.6 is 0 Å². The number of hydrogen-bond donors (Lipinski definition) is 1. The predicted molar refractivity (Wildman–Crippen MR) is 141 cm³/mol. The Labute approximate surface area is 207 Å². The fourth-order valence-corrected chi connectivity index (χ4v) is 4.20. The van der Waals surface area contributed by atoms with Gasteiger partial charge < -0.3 is 10.1 Å². The number of anilines is 2. The summed E-state index contributed by atoms with van der Waals surface area (Å²) < 4.78 is 21.0. The van der Waals surface area contributed by atoms with Gasteiger partial charge in [-0.1, -0.05) is 66.2 Å². The van der Waals surface area contributed by atoms with E-state index in [2.05, 4.69) is 39.6 Å². The van der Waals surface area contributed by atoms with Crippen LogP contribution in [0.15, 0.2) is 103 Å². The zero-order valence-corrected chi connectivity index (χ0v) is 19.4. The van der Waals surface area contributed by atoms with Crippen molar-refractivity contribution in [3.05, 3.63) is 115 Å². The SMILES string of the molecule is Cc1ccc(-c2nnc(Nc3ccc(Oc4ccnc5ccccc45)c(F)c3)c3ccccc23)cc1. The molecule has 0 aliphatic carbocycles. The summed E-state index contributed by atoms with van der Waals surface area (Å²) in [4.78, 5) is 4.32. The maximum atomic E-state index is 15.1. The van der Waals surface area contributed by atoms with Gasteiger partial charge in [-0.2, -0.15) is 0 Å². The maximum absolute atomic E-state index is 15.1. The zero-order chi connectivity index (χ0) is 24.5. The molecule has 0 aliphatic rings. The summed E-state index contributed by atoms with van der Waals surface area (Å²) in [5.41, 5.74) is 4.30. The van der Waals surface area contributed by atoms with Gasteiger partial charge in [-0.25, -0.2) is 4.39 Å². The van der Waals surface area contributed by atoms with Gasteiger partial charge in [0.1, 0.15) is 11.4 Å². The standard InChI is InChI=1S/C30H21FN4O/c1-19-10-12-20(13-11-19)29-22-6-2-3-7-23(22)30(35-34-29)33-21-14-15-28(25(31)18-21)36-27-16-17-32-26-9-5-4-8-24(26)27/h2-18H,1H3,(H,33,35). The highest BCUT2D eigenvalue weighted by Gasteiger charge is 2.13. The molecule has 0 spiro atoms. The Balaban J connectivity index is 1.31. The second-order valence-corrected chi connectivity index (χ2v) is 8.51. The van der Waals surface area contributed by atoms with Gasteiger partial charge in [-0.15, -0.1) is 10.2 Å². The molecule has 0 saturated carbocycles. The summed E-state index contributed by atoms with van der Waals surface area (Å²) in [6.07, 6.45) is 1.65. The minimum absolute atomic E-state index is 0.127. The van der Waals surface area contributed by atoms with Crippen molar-refractivity contribution in [2.45, 2.75) is 6.92 Å². The number of fused-ring (bicyclic) bond motifs is 2. The Morgan fingerprint density at radius 2 is 1.47 bits per heavy atom. The number of rotatable bonds is 5. The first-order valence-corrected chi connectivity index (χ1v) is 11.6. The van der Waals surface area contributed by atoms with E-state index in [4.69, 9.17) is 4.74 Å². The molecule has 0 saturated heterocycles. The fourth-order valence-electron chi connectivity index (χ4n) is 4.20. The average molecular weight is 473 g/mol. The number of aromatic nitrogens is 3. The van der Waals surface area contributed by atoms with Gasteiger partial charge in [-0.3, -0.25) is 4.98 Å². The third kappa shape index (κ3) is 4.09. The van der Waals surface area contributed by atoms with E-state index < -0.39 is 5.82 Å². The lowest BCUT2D eigenvalue weighted by Crippen LogP contribution is -2.00. The highest BCUT2D eigenvalue weighted by atomic mass is 19.1. The lowest BCUT2D eigenvalue weighted by molar-refractivity contribution is 0.446. The Morgan fingerprint density at radius 3 is 2.28 bits per heavy atom. The van der Waals surface area contributed by atoms with Crippen molar-refractivity contribution in [2.75, 3.05) is 5.32 Å². The van der Waals surface area contributed by atoms with Crippen molar-refractivity contribution >= 4 is 33.2 Å². The highest BCUT2D eigenvalue weighted by molar-refractivity contribution is 6.00. The van der Waals surface area contributed by atoms with Gasteiger partial charge in [0.25, 0.3) is 0 Å². The smallest absolute Gasteiger partial charge is 0.167 e. The third-order valence-corrected chi connectivity index (χ3v) is 6.04. The topological polar surface area (TPSA) is 59.9 Å². The molecule has 0 radical (unpaired) electrons. The molecule has 6 rings (SSSR count). The summed E-state index contributed by atoms with van der Waals surface area (Å²) in [7, 11) is 0. The van der Waals surface area contributed by atoms with Crippen molar-refractivity contribution in [2.24, 2.45) is 0 Å². The van der Waals surface area contributed by atoms with Gasteiger partial charge in [0.15, 0.2) is 17.4 Å². The van der Waals surface area contributed by atoms with Crippen LogP contribution in [-0.4, -0.2) is 15.2 Å². The van der Waals surface area contributed by atoms with Crippen LogP contribution in [0.2, 0.25) is 0 Å². The fraction of sp³-hybridized carbons (Fsp3) is 0.0333. The van der Waals surface area contributed by atoms with Crippen LogP contribution in [0.5, 0.6) is 11.5 Å². The first-order valence-electron chi connectivity index (χ1n) is 11.6. The molecule has 0 fully saturated rings. The van der Waals surface area contributed by atoms with E-state index in [0.717, 1.165) is 32.9 Å². The molecule has 0 aliphatic heterocycles. The number of halogens is 1. The van der Waals surface area contributed by atoms with Crippen molar-refractivity contribution in [3.63, 3.8) is 0 Å². The Kier molecular flexibility index (Phi) is 5.46. The average Bonchev–Trinajstić information content (AvgIpc) is 2.91. The lowest BCUT2D eigenvalue weighted by atomic mass is 10.0. The first-order chi connectivity index (χ1) is 17.7. The number of aryl methyl sites for hydroxylation is 1. The molecule has 0 atom stereocenters. The number of para-hydroxylation sites is 1. The molecular weight excluding hydrogens is 451 g/mol. The van der Waals surface area contributed by atoms with Crippen LogP contribution < -0.4 is 10.1 Å². The lowest BCUT2D eigenvalue weighted by Gasteiger charge is -2.13. The molecule has 6 aromatic rings. The van der Waals surface area contributed by atoms with Crippen molar-refractivity contribution < 1.29 is 9.13 Å². The zero-order valence-electron chi connectivity index (χ0n) is 19.4. The Morgan fingerprint density at radius 1 is 0.722 bits per heavy atom. The van der Waals surface area contributed by atoms with Crippen LogP contribution in [0.1, 0.15) is 5.56 Å². The number of hydrogen-bond acceptors (Lipinski definition) is 5. The maximum Gasteiger partial charge on any atom is 0.167 e. The number of benzene rings is 4. The van der Waals surface area contributed by atoms with E-state index in [1.807, 2.05) is 60.7 Å². The second-order valence-electron chi connectivity index (χ2n) is 8.51. The normalized spacial score (nSPS) is 11.1. The third-order valence-electron chi connectivity index (χ3n) is 6.04. The summed E-state index contributed by atoms with van der Waals surface area (Å²) >= 11 is 0. The molecule has 0 amide bonds. The molecule has 6 heteroatoms. The van der Waals surface area contributed by atoms with Crippen molar-refractivity contribution in [3.8, 4) is 22.8 Å².